The molecule has 1 aromatic carbocycles. The highest BCUT2D eigenvalue weighted by Gasteiger charge is 2.15. The molecule has 0 saturated heterocycles. The molecule has 4 aromatic rings. The monoisotopic (exact) mass is 403 g/mol. The molecule has 6 heteroatoms. The molecule has 0 aliphatic carbocycles. The summed E-state index contributed by atoms with van der Waals surface area (Å²) in [6.07, 6.45) is 5.37. The van der Waals surface area contributed by atoms with Crippen LogP contribution in [0.5, 0.6) is 0 Å². The first-order valence-electron chi connectivity index (χ1n) is 9.56. The van der Waals surface area contributed by atoms with Crippen molar-refractivity contribution in [3.05, 3.63) is 87.9 Å². The third-order valence-corrected chi connectivity index (χ3v) is 5.80. The van der Waals surface area contributed by atoms with E-state index < -0.39 is 0 Å². The summed E-state index contributed by atoms with van der Waals surface area (Å²) >= 11 is 1.44. The maximum absolute atomic E-state index is 12.6. The Balaban J connectivity index is 1.34. The SMILES string of the molecule is O=C(CCCNC(=O)c1sccc1Cc1ccnc2[nH]ccc12)c1ccccc1. The average molecular weight is 404 g/mol. The number of rotatable bonds is 8. The van der Waals surface area contributed by atoms with Gasteiger partial charge in [0, 0.05) is 36.3 Å². The molecule has 0 aliphatic rings. The predicted octanol–water partition coefficient (Wildman–Crippen LogP) is 4.61. The van der Waals surface area contributed by atoms with Gasteiger partial charge in [0.05, 0.1) is 4.88 Å². The van der Waals surface area contributed by atoms with Crippen LogP contribution in [0.25, 0.3) is 11.0 Å². The number of hydrogen-bond donors (Lipinski definition) is 2. The van der Waals surface area contributed by atoms with Gasteiger partial charge in [-0.15, -0.1) is 11.3 Å². The zero-order valence-corrected chi connectivity index (χ0v) is 16.7. The number of aromatic nitrogens is 2. The summed E-state index contributed by atoms with van der Waals surface area (Å²) in [6, 6.07) is 15.2. The van der Waals surface area contributed by atoms with E-state index in [-0.39, 0.29) is 11.7 Å². The topological polar surface area (TPSA) is 74.8 Å². The number of hydrogen-bond acceptors (Lipinski definition) is 4. The van der Waals surface area contributed by atoms with Crippen LogP contribution in [0.3, 0.4) is 0 Å². The minimum Gasteiger partial charge on any atom is -0.351 e. The number of aromatic amines is 1. The molecule has 0 aliphatic heterocycles. The van der Waals surface area contributed by atoms with Crippen LogP contribution in [-0.4, -0.2) is 28.2 Å². The largest absolute Gasteiger partial charge is 0.351 e. The van der Waals surface area contributed by atoms with Crippen LogP contribution in [0.1, 0.15) is 44.0 Å². The molecule has 0 saturated carbocycles. The molecular formula is C23H21N3O2S. The van der Waals surface area contributed by atoms with Crippen molar-refractivity contribution in [2.75, 3.05) is 6.54 Å². The zero-order chi connectivity index (χ0) is 20.1. The first-order valence-corrected chi connectivity index (χ1v) is 10.4. The maximum Gasteiger partial charge on any atom is 0.261 e. The second-order valence-corrected chi connectivity index (χ2v) is 7.73. The fourth-order valence-corrected chi connectivity index (χ4v) is 4.19. The number of H-pyrrole nitrogens is 1. The first-order chi connectivity index (χ1) is 14.2. The Morgan fingerprint density at radius 1 is 1.03 bits per heavy atom. The van der Waals surface area contributed by atoms with Gasteiger partial charge in [-0.1, -0.05) is 30.3 Å². The number of nitrogens with zero attached hydrogens (tertiary/aromatic N) is 1. The van der Waals surface area contributed by atoms with Crippen LogP contribution in [0, 0.1) is 0 Å². The fourth-order valence-electron chi connectivity index (χ4n) is 3.35. The highest BCUT2D eigenvalue weighted by Crippen LogP contribution is 2.24. The first kappa shape index (κ1) is 19.1. The Morgan fingerprint density at radius 2 is 1.90 bits per heavy atom. The van der Waals surface area contributed by atoms with E-state index in [1.54, 1.807) is 6.20 Å². The van der Waals surface area contributed by atoms with Crippen LogP contribution in [0.2, 0.25) is 0 Å². The van der Waals surface area contributed by atoms with Crippen molar-refractivity contribution in [2.24, 2.45) is 0 Å². The van der Waals surface area contributed by atoms with E-state index in [4.69, 9.17) is 0 Å². The lowest BCUT2D eigenvalue weighted by molar-refractivity contribution is 0.0940. The van der Waals surface area contributed by atoms with Crippen LogP contribution >= 0.6 is 11.3 Å². The summed E-state index contributed by atoms with van der Waals surface area (Å²) in [4.78, 5) is 32.9. The number of amides is 1. The number of fused-ring (bicyclic) bond motifs is 1. The Labute approximate surface area is 172 Å². The molecule has 0 unspecified atom stereocenters. The smallest absolute Gasteiger partial charge is 0.261 e. The Bertz CT molecular complexity index is 1130. The number of pyridine rings is 1. The Kier molecular flexibility index (Phi) is 5.81. The summed E-state index contributed by atoms with van der Waals surface area (Å²) in [6.45, 7) is 0.478. The van der Waals surface area contributed by atoms with Gasteiger partial charge >= 0.3 is 0 Å². The van der Waals surface area contributed by atoms with Gasteiger partial charge in [0.2, 0.25) is 0 Å². The third-order valence-electron chi connectivity index (χ3n) is 4.85. The van der Waals surface area contributed by atoms with E-state index in [0.717, 1.165) is 27.0 Å². The molecule has 0 spiro atoms. The fraction of sp³-hybridized carbons (Fsp3) is 0.174. The molecule has 5 nitrogen and oxygen atoms in total. The highest BCUT2D eigenvalue weighted by molar-refractivity contribution is 7.12. The Hall–Kier alpha value is -3.25. The molecule has 2 N–H and O–H groups in total. The summed E-state index contributed by atoms with van der Waals surface area (Å²) in [5.41, 5.74) is 3.71. The summed E-state index contributed by atoms with van der Waals surface area (Å²) in [7, 11) is 0. The lowest BCUT2D eigenvalue weighted by atomic mass is 10.0. The molecule has 0 radical (unpaired) electrons. The van der Waals surface area contributed by atoms with Crippen LogP contribution in [0.4, 0.5) is 0 Å². The zero-order valence-electron chi connectivity index (χ0n) is 15.9. The van der Waals surface area contributed by atoms with Crippen molar-refractivity contribution < 1.29 is 9.59 Å². The number of benzene rings is 1. The van der Waals surface area contributed by atoms with Gasteiger partial charge < -0.3 is 10.3 Å². The number of Topliss-reactive ketones (excluding diaryl/α,β-unsaturated/α-hetero) is 1. The minimum atomic E-state index is -0.0819. The second kappa shape index (κ2) is 8.84. The van der Waals surface area contributed by atoms with Gasteiger partial charge in [-0.25, -0.2) is 4.98 Å². The van der Waals surface area contributed by atoms with Gasteiger partial charge in [-0.3, -0.25) is 9.59 Å². The molecule has 3 aromatic heterocycles. The molecule has 146 valence electrons. The number of nitrogens with one attached hydrogen (secondary N) is 2. The molecule has 29 heavy (non-hydrogen) atoms. The number of carbonyl (C=O) groups is 2. The Morgan fingerprint density at radius 3 is 2.76 bits per heavy atom. The second-order valence-electron chi connectivity index (χ2n) is 6.81. The van der Waals surface area contributed by atoms with Gasteiger partial charge in [-0.05, 0) is 47.5 Å². The molecule has 1 amide bonds. The van der Waals surface area contributed by atoms with Crippen molar-refractivity contribution in [3.8, 4) is 0 Å². The molecule has 3 heterocycles. The normalized spacial score (nSPS) is 10.9. The van der Waals surface area contributed by atoms with Gasteiger partial charge in [-0.2, -0.15) is 0 Å². The van der Waals surface area contributed by atoms with Crippen molar-refractivity contribution in [1.29, 1.82) is 0 Å². The summed E-state index contributed by atoms with van der Waals surface area (Å²) in [5.74, 6) is 0.0198. The quantitative estimate of drug-likeness (QED) is 0.333. The van der Waals surface area contributed by atoms with E-state index in [0.29, 0.717) is 31.4 Å². The van der Waals surface area contributed by atoms with Crippen molar-refractivity contribution in [1.82, 2.24) is 15.3 Å². The number of thiophene rings is 1. The number of carbonyl (C=O) groups excluding carboxylic acids is 2. The molecular weight excluding hydrogens is 382 g/mol. The lowest BCUT2D eigenvalue weighted by Crippen LogP contribution is -2.25. The average Bonchev–Trinajstić information content (AvgIpc) is 3.41. The molecule has 4 rings (SSSR count). The standard InChI is InChI=1S/C23H21N3O2S/c27-20(16-5-2-1-3-6-16)7-4-11-26-23(28)21-18(10-14-29-21)15-17-8-12-24-22-19(17)9-13-25-22/h1-3,5-6,8-10,12-14H,4,7,11,15H2,(H,24,25)(H,26,28). The van der Waals surface area contributed by atoms with Crippen LogP contribution in [-0.2, 0) is 6.42 Å². The third kappa shape index (κ3) is 4.43. The molecule has 0 fully saturated rings. The van der Waals surface area contributed by atoms with Crippen molar-refractivity contribution in [2.45, 2.75) is 19.3 Å². The van der Waals surface area contributed by atoms with Crippen LogP contribution < -0.4 is 5.32 Å². The maximum atomic E-state index is 12.6. The van der Waals surface area contributed by atoms with Crippen molar-refractivity contribution >= 4 is 34.1 Å². The predicted molar refractivity (Wildman–Crippen MR) is 116 cm³/mol. The minimum absolute atomic E-state index is 0.0819. The molecule has 0 atom stereocenters. The van der Waals surface area contributed by atoms with E-state index in [9.17, 15) is 9.59 Å². The number of ketones is 1. The summed E-state index contributed by atoms with van der Waals surface area (Å²) < 4.78 is 0. The van der Waals surface area contributed by atoms with Crippen LogP contribution in [0.15, 0.2) is 66.3 Å². The van der Waals surface area contributed by atoms with Gasteiger partial charge in [0.25, 0.3) is 5.91 Å². The van der Waals surface area contributed by atoms with E-state index >= 15 is 0 Å². The van der Waals surface area contributed by atoms with Gasteiger partial charge in [0.1, 0.15) is 5.65 Å². The highest BCUT2D eigenvalue weighted by atomic mass is 32.1. The van der Waals surface area contributed by atoms with E-state index in [1.165, 1.54) is 11.3 Å². The lowest BCUT2D eigenvalue weighted by Gasteiger charge is -2.07. The van der Waals surface area contributed by atoms with Crippen molar-refractivity contribution in [3.63, 3.8) is 0 Å². The van der Waals surface area contributed by atoms with Gasteiger partial charge in [0.15, 0.2) is 5.78 Å². The van der Waals surface area contributed by atoms with E-state index in [1.807, 2.05) is 60.1 Å². The van der Waals surface area contributed by atoms with E-state index in [2.05, 4.69) is 15.3 Å². The summed E-state index contributed by atoms with van der Waals surface area (Å²) in [5, 5.41) is 5.97. The molecule has 0 bridgehead atoms.